The number of nitrogens with two attached hydrogens (primary N) is 1. The minimum Gasteiger partial charge on any atom is -0.327 e. The van der Waals surface area contributed by atoms with E-state index in [2.05, 4.69) is 5.10 Å². The smallest absolute Gasteiger partial charge is 0.0847 e. The van der Waals surface area contributed by atoms with Crippen LogP contribution in [0.4, 0.5) is 0 Å². The maximum Gasteiger partial charge on any atom is 0.0847 e. The predicted molar refractivity (Wildman–Crippen MR) is 79.3 cm³/mol. The van der Waals surface area contributed by atoms with E-state index >= 15 is 0 Å². The zero-order valence-corrected chi connectivity index (χ0v) is 12.7. The van der Waals surface area contributed by atoms with Crippen molar-refractivity contribution in [1.82, 2.24) is 9.78 Å². The van der Waals surface area contributed by atoms with Gasteiger partial charge in [0.05, 0.1) is 16.4 Å². The Balaban J connectivity index is 1.84. The van der Waals surface area contributed by atoms with Gasteiger partial charge in [0.25, 0.3) is 0 Å². The van der Waals surface area contributed by atoms with Crippen LogP contribution in [-0.4, -0.2) is 26.8 Å². The summed E-state index contributed by atoms with van der Waals surface area (Å²) in [4.78, 5) is 0. The van der Waals surface area contributed by atoms with Crippen LogP contribution in [0.15, 0.2) is 0 Å². The van der Waals surface area contributed by atoms with Crippen molar-refractivity contribution in [2.45, 2.75) is 50.3 Å². The van der Waals surface area contributed by atoms with E-state index in [9.17, 15) is 0 Å². The van der Waals surface area contributed by atoms with E-state index < -0.39 is 0 Å². The second kappa shape index (κ2) is 6.31. The third-order valence-corrected chi connectivity index (χ3v) is 5.62. The highest BCUT2D eigenvalue weighted by Crippen LogP contribution is 2.30. The molecule has 0 spiro atoms. The highest BCUT2D eigenvalue weighted by atomic mass is 35.5. The van der Waals surface area contributed by atoms with Gasteiger partial charge in [-0.25, -0.2) is 0 Å². The second-order valence-electron chi connectivity index (χ2n) is 5.17. The van der Waals surface area contributed by atoms with Gasteiger partial charge < -0.3 is 5.73 Å². The van der Waals surface area contributed by atoms with Crippen molar-refractivity contribution >= 4 is 23.4 Å². The zero-order valence-electron chi connectivity index (χ0n) is 11.2. The molecule has 1 heterocycles. The standard InChI is InChI=1S/C13H22ClN3S/c1-9-13(14)12(17(2)16-9)7-10(15)8-18-11-5-3-4-6-11/h10-11H,3-8,15H2,1-2H3. The number of rotatable bonds is 5. The number of halogens is 1. The Hall–Kier alpha value is -0.190. The molecule has 0 saturated heterocycles. The highest BCUT2D eigenvalue weighted by molar-refractivity contribution is 7.99. The summed E-state index contributed by atoms with van der Waals surface area (Å²) >= 11 is 8.27. The zero-order chi connectivity index (χ0) is 13.1. The summed E-state index contributed by atoms with van der Waals surface area (Å²) in [5.74, 6) is 1.02. The molecule has 0 bridgehead atoms. The molecule has 1 aromatic rings. The van der Waals surface area contributed by atoms with Crippen molar-refractivity contribution < 1.29 is 0 Å². The molecule has 0 aliphatic heterocycles. The Morgan fingerprint density at radius 2 is 2.17 bits per heavy atom. The van der Waals surface area contributed by atoms with E-state index in [-0.39, 0.29) is 6.04 Å². The highest BCUT2D eigenvalue weighted by Gasteiger charge is 2.18. The van der Waals surface area contributed by atoms with E-state index in [1.165, 1.54) is 25.7 Å². The summed E-state index contributed by atoms with van der Waals surface area (Å²) in [6.45, 7) is 1.94. The Morgan fingerprint density at radius 1 is 1.50 bits per heavy atom. The average Bonchev–Trinajstić information content (AvgIpc) is 2.92. The molecule has 2 N–H and O–H groups in total. The van der Waals surface area contributed by atoms with Crippen LogP contribution in [0.5, 0.6) is 0 Å². The van der Waals surface area contributed by atoms with Gasteiger partial charge in [-0.15, -0.1) is 0 Å². The third kappa shape index (κ3) is 3.43. The van der Waals surface area contributed by atoms with Gasteiger partial charge in [-0.05, 0) is 19.8 Å². The maximum absolute atomic E-state index is 6.24. The normalized spacial score (nSPS) is 18.4. The summed E-state index contributed by atoms with van der Waals surface area (Å²) in [5, 5.41) is 5.93. The molecule has 0 aromatic carbocycles. The van der Waals surface area contributed by atoms with E-state index in [0.717, 1.165) is 33.8 Å². The first-order chi connectivity index (χ1) is 8.58. The Morgan fingerprint density at radius 3 is 2.72 bits per heavy atom. The van der Waals surface area contributed by atoms with Gasteiger partial charge in [0, 0.05) is 30.5 Å². The molecule has 1 aliphatic carbocycles. The van der Waals surface area contributed by atoms with Crippen LogP contribution >= 0.6 is 23.4 Å². The minimum absolute atomic E-state index is 0.169. The molecule has 102 valence electrons. The van der Waals surface area contributed by atoms with Crippen LogP contribution in [0.2, 0.25) is 5.02 Å². The summed E-state index contributed by atoms with van der Waals surface area (Å²) in [6.07, 6.45) is 6.32. The first-order valence-corrected chi connectivity index (χ1v) is 8.05. The fourth-order valence-corrected chi connectivity index (χ4v) is 4.06. The van der Waals surface area contributed by atoms with Crippen molar-refractivity contribution in [2.24, 2.45) is 12.8 Å². The van der Waals surface area contributed by atoms with Gasteiger partial charge in [0.15, 0.2) is 0 Å². The van der Waals surface area contributed by atoms with Gasteiger partial charge in [0.1, 0.15) is 0 Å². The van der Waals surface area contributed by atoms with Gasteiger partial charge in [-0.1, -0.05) is 24.4 Å². The van der Waals surface area contributed by atoms with Crippen molar-refractivity contribution in [3.63, 3.8) is 0 Å². The number of aromatic nitrogens is 2. The van der Waals surface area contributed by atoms with E-state index in [1.54, 1.807) is 0 Å². The van der Waals surface area contributed by atoms with Crippen LogP contribution in [0.3, 0.4) is 0 Å². The molecule has 5 heteroatoms. The van der Waals surface area contributed by atoms with Crippen LogP contribution < -0.4 is 5.73 Å². The summed E-state index contributed by atoms with van der Waals surface area (Å²) in [7, 11) is 1.94. The molecule has 0 amide bonds. The average molecular weight is 288 g/mol. The number of hydrogen-bond donors (Lipinski definition) is 1. The predicted octanol–water partition coefficient (Wildman–Crippen LogP) is 2.93. The van der Waals surface area contributed by atoms with E-state index in [4.69, 9.17) is 17.3 Å². The SMILES string of the molecule is Cc1nn(C)c(CC(N)CSC2CCCC2)c1Cl. The summed E-state index contributed by atoms with van der Waals surface area (Å²) in [6, 6.07) is 0.169. The van der Waals surface area contributed by atoms with Crippen molar-refractivity contribution in [1.29, 1.82) is 0 Å². The molecule has 1 saturated carbocycles. The molecule has 1 unspecified atom stereocenters. The van der Waals surface area contributed by atoms with Gasteiger partial charge in [-0.2, -0.15) is 16.9 Å². The molecule has 1 fully saturated rings. The van der Waals surface area contributed by atoms with Gasteiger partial charge in [-0.3, -0.25) is 4.68 Å². The minimum atomic E-state index is 0.169. The van der Waals surface area contributed by atoms with Crippen LogP contribution in [-0.2, 0) is 13.5 Å². The lowest BCUT2D eigenvalue weighted by Gasteiger charge is -2.15. The monoisotopic (exact) mass is 287 g/mol. The molecule has 1 aliphatic rings. The fraction of sp³-hybridized carbons (Fsp3) is 0.769. The Bertz CT molecular complexity index is 399. The lowest BCUT2D eigenvalue weighted by atomic mass is 10.2. The molecule has 3 nitrogen and oxygen atoms in total. The van der Waals surface area contributed by atoms with Crippen LogP contribution in [0.1, 0.15) is 37.1 Å². The van der Waals surface area contributed by atoms with Crippen molar-refractivity contribution in [3.05, 3.63) is 16.4 Å². The number of thioether (sulfide) groups is 1. The largest absolute Gasteiger partial charge is 0.327 e. The second-order valence-corrected chi connectivity index (χ2v) is 6.88. The molecule has 1 atom stereocenters. The lowest BCUT2D eigenvalue weighted by Crippen LogP contribution is -2.27. The molecular weight excluding hydrogens is 266 g/mol. The summed E-state index contributed by atoms with van der Waals surface area (Å²) in [5.41, 5.74) is 8.17. The molecule has 0 radical (unpaired) electrons. The molecule has 1 aromatic heterocycles. The quantitative estimate of drug-likeness (QED) is 0.905. The Labute approximate surface area is 118 Å². The van der Waals surface area contributed by atoms with Crippen LogP contribution in [0, 0.1) is 6.92 Å². The first-order valence-electron chi connectivity index (χ1n) is 6.63. The van der Waals surface area contributed by atoms with Crippen molar-refractivity contribution in [2.75, 3.05) is 5.75 Å². The third-order valence-electron chi connectivity index (χ3n) is 3.57. The van der Waals surface area contributed by atoms with Gasteiger partial charge in [0.2, 0.25) is 0 Å². The number of aryl methyl sites for hydroxylation is 2. The number of nitrogens with zero attached hydrogens (tertiary/aromatic N) is 2. The van der Waals surface area contributed by atoms with Gasteiger partial charge >= 0.3 is 0 Å². The van der Waals surface area contributed by atoms with E-state index in [0.29, 0.717) is 0 Å². The maximum atomic E-state index is 6.24. The Kier molecular flexibility index (Phi) is 4.98. The van der Waals surface area contributed by atoms with E-state index in [1.807, 2.05) is 30.4 Å². The topological polar surface area (TPSA) is 43.8 Å². The number of hydrogen-bond acceptors (Lipinski definition) is 3. The molecular formula is C13H22ClN3S. The fourth-order valence-electron chi connectivity index (χ4n) is 2.52. The van der Waals surface area contributed by atoms with Crippen LogP contribution in [0.25, 0.3) is 0 Å². The molecule has 2 rings (SSSR count). The lowest BCUT2D eigenvalue weighted by molar-refractivity contribution is 0.652. The first kappa shape index (κ1) is 14.2. The molecule has 18 heavy (non-hydrogen) atoms. The summed E-state index contributed by atoms with van der Waals surface area (Å²) < 4.78 is 1.86. The van der Waals surface area contributed by atoms with Crippen molar-refractivity contribution in [3.8, 4) is 0 Å².